The Morgan fingerprint density at radius 1 is 1.14 bits per heavy atom. The lowest BCUT2D eigenvalue weighted by atomic mass is 10.1. The van der Waals surface area contributed by atoms with Gasteiger partial charge in [-0.3, -0.25) is 14.8 Å². The number of piperazine rings is 1. The molecule has 1 saturated heterocycles. The van der Waals surface area contributed by atoms with Gasteiger partial charge in [0.05, 0.1) is 11.1 Å². The van der Waals surface area contributed by atoms with E-state index in [0.717, 1.165) is 61.5 Å². The minimum Gasteiger partial charge on any atom is -0.507 e. The van der Waals surface area contributed by atoms with Crippen molar-refractivity contribution < 1.29 is 14.6 Å². The number of phenolic OH excluding ortho intramolecular Hbond substituents is 1. The topological polar surface area (TPSA) is 97.0 Å². The zero-order chi connectivity index (χ0) is 25.2. The van der Waals surface area contributed by atoms with Crippen LogP contribution in [0.4, 0.5) is 5.82 Å². The lowest BCUT2D eigenvalue weighted by Crippen LogP contribution is -2.45. The van der Waals surface area contributed by atoms with E-state index in [9.17, 15) is 9.90 Å². The molecule has 9 heteroatoms. The number of carbonyl (C=O) groups excluding carboxylic acids is 1. The number of rotatable bonds is 8. The van der Waals surface area contributed by atoms with Crippen LogP contribution in [0.15, 0.2) is 30.3 Å². The van der Waals surface area contributed by atoms with Gasteiger partial charge in [0, 0.05) is 63.8 Å². The number of H-pyrrole nitrogens is 1. The van der Waals surface area contributed by atoms with Crippen LogP contribution in [0.5, 0.6) is 11.5 Å². The third-order valence-electron chi connectivity index (χ3n) is 7.05. The van der Waals surface area contributed by atoms with Crippen molar-refractivity contribution in [2.24, 2.45) is 5.92 Å². The Morgan fingerprint density at radius 2 is 1.92 bits per heavy atom. The van der Waals surface area contributed by atoms with E-state index in [2.05, 4.69) is 46.2 Å². The van der Waals surface area contributed by atoms with E-state index >= 15 is 0 Å². The van der Waals surface area contributed by atoms with Crippen LogP contribution < -0.4 is 10.1 Å². The summed E-state index contributed by atoms with van der Waals surface area (Å²) in [5.41, 5.74) is 3.17. The smallest absolute Gasteiger partial charge is 0.258 e. The molecular formula is C27H36N6O3. The summed E-state index contributed by atoms with van der Waals surface area (Å²) < 4.78 is 6.04. The van der Waals surface area contributed by atoms with Crippen molar-refractivity contribution in [2.45, 2.75) is 26.9 Å². The molecule has 9 nitrogen and oxygen atoms in total. The van der Waals surface area contributed by atoms with E-state index in [1.165, 1.54) is 0 Å². The van der Waals surface area contributed by atoms with Gasteiger partial charge < -0.3 is 25.0 Å². The van der Waals surface area contributed by atoms with E-state index in [4.69, 9.17) is 4.74 Å². The van der Waals surface area contributed by atoms with Gasteiger partial charge >= 0.3 is 0 Å². The summed E-state index contributed by atoms with van der Waals surface area (Å²) in [6, 6.07) is 9.37. The summed E-state index contributed by atoms with van der Waals surface area (Å²) >= 11 is 0. The first-order chi connectivity index (χ1) is 17.4. The van der Waals surface area contributed by atoms with E-state index in [1.807, 2.05) is 18.2 Å². The largest absolute Gasteiger partial charge is 0.507 e. The molecule has 0 atom stereocenters. The number of nitrogens with one attached hydrogen (secondary N) is 2. The van der Waals surface area contributed by atoms with E-state index in [-0.39, 0.29) is 17.2 Å². The molecule has 3 aromatic rings. The van der Waals surface area contributed by atoms with E-state index < -0.39 is 0 Å². The number of carbonyl (C=O) groups is 1. The Morgan fingerprint density at radius 3 is 2.69 bits per heavy atom. The maximum absolute atomic E-state index is 13.4. The maximum Gasteiger partial charge on any atom is 0.258 e. The van der Waals surface area contributed by atoms with Crippen LogP contribution >= 0.6 is 0 Å². The van der Waals surface area contributed by atoms with Crippen molar-refractivity contribution in [1.29, 1.82) is 0 Å². The number of benzene rings is 2. The number of ether oxygens (including phenoxy) is 1. The summed E-state index contributed by atoms with van der Waals surface area (Å²) in [7, 11) is 2.16. The molecule has 2 aliphatic rings. The molecule has 1 fully saturated rings. The average Bonchev–Trinajstić information content (AvgIpc) is 3.46. The van der Waals surface area contributed by atoms with Crippen LogP contribution in [0.3, 0.4) is 0 Å². The Bertz CT molecular complexity index is 1230. The van der Waals surface area contributed by atoms with Crippen LogP contribution in [-0.4, -0.2) is 88.8 Å². The molecule has 1 aromatic heterocycles. The van der Waals surface area contributed by atoms with Crippen molar-refractivity contribution in [3.63, 3.8) is 0 Å². The van der Waals surface area contributed by atoms with Gasteiger partial charge in [-0.25, -0.2) is 0 Å². The highest BCUT2D eigenvalue weighted by molar-refractivity contribution is 6.03. The number of likely N-dealkylation sites (N-methyl/N-ethyl adjacent to an activating group) is 1. The SMILES string of the molecule is CC(C)CNc1n[nH]c2cc(O)c(C(=O)N3Cc4ccc(OCCN5CCN(C)CC5)cc4C3)cc12. The Kier molecular flexibility index (Phi) is 7.02. The summed E-state index contributed by atoms with van der Waals surface area (Å²) in [6.07, 6.45) is 0. The van der Waals surface area contributed by atoms with Crippen LogP contribution in [0.25, 0.3) is 10.9 Å². The van der Waals surface area contributed by atoms with Crippen molar-refractivity contribution in [1.82, 2.24) is 24.9 Å². The normalized spacial score (nSPS) is 16.6. The molecule has 36 heavy (non-hydrogen) atoms. The lowest BCUT2D eigenvalue weighted by Gasteiger charge is -2.32. The number of hydrogen-bond donors (Lipinski definition) is 3. The standard InChI is InChI=1S/C27H36N6O3/c1-18(2)15-28-26-22-13-23(25(34)14-24(22)29-30-26)27(35)33-16-19-4-5-21(12-20(19)17-33)36-11-10-32-8-6-31(3)7-9-32/h4-5,12-14,18,34H,6-11,15-17H2,1-3H3,(H2,28,29,30). The summed E-state index contributed by atoms with van der Waals surface area (Å²) in [6.45, 7) is 11.9. The summed E-state index contributed by atoms with van der Waals surface area (Å²) in [4.78, 5) is 20.0. The number of hydrogen-bond acceptors (Lipinski definition) is 7. The molecule has 0 unspecified atom stereocenters. The van der Waals surface area contributed by atoms with Crippen molar-refractivity contribution in [3.8, 4) is 11.5 Å². The number of nitrogens with zero attached hydrogens (tertiary/aromatic N) is 4. The quantitative estimate of drug-likeness (QED) is 0.445. The fraction of sp³-hybridized carbons (Fsp3) is 0.481. The van der Waals surface area contributed by atoms with E-state index in [0.29, 0.717) is 36.9 Å². The molecule has 2 aliphatic heterocycles. The highest BCUT2D eigenvalue weighted by atomic mass is 16.5. The lowest BCUT2D eigenvalue weighted by molar-refractivity contribution is 0.0748. The fourth-order valence-corrected chi connectivity index (χ4v) is 4.80. The monoisotopic (exact) mass is 492 g/mol. The number of phenols is 1. The first-order valence-electron chi connectivity index (χ1n) is 12.8. The molecule has 3 heterocycles. The Hall–Kier alpha value is -3.30. The Labute approximate surface area is 212 Å². The predicted molar refractivity (Wildman–Crippen MR) is 141 cm³/mol. The fourth-order valence-electron chi connectivity index (χ4n) is 4.80. The van der Waals surface area contributed by atoms with Crippen molar-refractivity contribution in [2.75, 3.05) is 58.2 Å². The molecule has 3 N–H and O–H groups in total. The molecule has 192 valence electrons. The predicted octanol–water partition coefficient (Wildman–Crippen LogP) is 3.12. The zero-order valence-electron chi connectivity index (χ0n) is 21.4. The minimum absolute atomic E-state index is 0.0459. The second-order valence-electron chi connectivity index (χ2n) is 10.3. The first-order valence-corrected chi connectivity index (χ1v) is 12.8. The second-order valence-corrected chi connectivity index (χ2v) is 10.3. The van der Waals surface area contributed by atoms with Crippen LogP contribution in [0.2, 0.25) is 0 Å². The van der Waals surface area contributed by atoms with Gasteiger partial charge in [0.25, 0.3) is 5.91 Å². The number of aromatic hydroxyl groups is 1. The van der Waals surface area contributed by atoms with Gasteiger partial charge in [-0.05, 0) is 42.3 Å². The summed E-state index contributed by atoms with van der Waals surface area (Å²) in [5, 5.41) is 22.0. The molecule has 0 aliphatic carbocycles. The third-order valence-corrected chi connectivity index (χ3v) is 7.05. The maximum atomic E-state index is 13.4. The van der Waals surface area contributed by atoms with Crippen LogP contribution in [0.1, 0.15) is 35.3 Å². The number of aromatic amines is 1. The Balaban J connectivity index is 1.23. The van der Waals surface area contributed by atoms with Crippen LogP contribution in [-0.2, 0) is 13.1 Å². The molecule has 0 radical (unpaired) electrons. The minimum atomic E-state index is -0.195. The van der Waals surface area contributed by atoms with Crippen molar-refractivity contribution >= 4 is 22.6 Å². The number of aromatic nitrogens is 2. The molecule has 5 rings (SSSR count). The molecule has 0 spiro atoms. The van der Waals surface area contributed by atoms with Gasteiger partial charge in [0.2, 0.25) is 0 Å². The molecule has 2 aromatic carbocycles. The number of anilines is 1. The first kappa shape index (κ1) is 24.4. The second kappa shape index (κ2) is 10.4. The molecule has 0 saturated carbocycles. The van der Waals surface area contributed by atoms with Gasteiger partial charge in [0.15, 0.2) is 5.82 Å². The number of fused-ring (bicyclic) bond motifs is 2. The summed E-state index contributed by atoms with van der Waals surface area (Å²) in [5.74, 6) is 1.74. The van der Waals surface area contributed by atoms with Gasteiger partial charge in [0.1, 0.15) is 18.1 Å². The third kappa shape index (κ3) is 5.27. The van der Waals surface area contributed by atoms with Crippen LogP contribution in [0, 0.1) is 5.92 Å². The highest BCUT2D eigenvalue weighted by Gasteiger charge is 2.27. The van der Waals surface area contributed by atoms with Gasteiger partial charge in [-0.2, -0.15) is 5.10 Å². The molecular weight excluding hydrogens is 456 g/mol. The highest BCUT2D eigenvalue weighted by Crippen LogP contribution is 2.33. The molecule has 1 amide bonds. The molecule has 0 bridgehead atoms. The van der Waals surface area contributed by atoms with Crippen molar-refractivity contribution in [3.05, 3.63) is 47.0 Å². The zero-order valence-corrected chi connectivity index (χ0v) is 21.4. The van der Waals surface area contributed by atoms with Gasteiger partial charge in [-0.15, -0.1) is 0 Å². The number of amides is 1. The van der Waals surface area contributed by atoms with E-state index in [1.54, 1.807) is 17.0 Å². The van der Waals surface area contributed by atoms with Gasteiger partial charge in [-0.1, -0.05) is 19.9 Å². The average molecular weight is 493 g/mol.